The average Bonchev–Trinajstić information content (AvgIpc) is 2.58. The fourth-order valence-electron chi connectivity index (χ4n) is 1.91. The summed E-state index contributed by atoms with van der Waals surface area (Å²) in [5, 5.41) is 0. The number of benzene rings is 2. The minimum absolute atomic E-state index is 0.0437. The van der Waals surface area contributed by atoms with Crippen LogP contribution in [0.5, 0.6) is 0 Å². The molecule has 2 rings (SSSR count). The molecule has 0 amide bonds. The van der Waals surface area contributed by atoms with E-state index in [1.54, 1.807) is 24.3 Å². The maximum Gasteiger partial charge on any atom is 0.123 e. The SMILES string of the molecule is CC.CC.CC(C)(C)c1cccc(F)c1.CC(C)(C)c1cccc(F)c1. The molecule has 26 heavy (non-hydrogen) atoms. The van der Waals surface area contributed by atoms with Gasteiger partial charge in [0.2, 0.25) is 0 Å². The van der Waals surface area contributed by atoms with Crippen LogP contribution in [0.15, 0.2) is 48.5 Å². The zero-order valence-corrected chi connectivity index (χ0v) is 18.4. The molecule has 2 heteroatoms. The molecule has 0 radical (unpaired) electrons. The van der Waals surface area contributed by atoms with Gasteiger partial charge < -0.3 is 0 Å². The molecule has 0 aliphatic rings. The topological polar surface area (TPSA) is 0 Å². The summed E-state index contributed by atoms with van der Waals surface area (Å²) in [5.74, 6) is -0.310. The van der Waals surface area contributed by atoms with Crippen LogP contribution in [0.1, 0.15) is 80.4 Å². The molecular weight excluding hydrogens is 326 g/mol. The molecule has 0 bridgehead atoms. The van der Waals surface area contributed by atoms with E-state index in [0.717, 1.165) is 11.1 Å². The normalized spacial score (nSPS) is 10.3. The molecule has 0 nitrogen and oxygen atoms in total. The largest absolute Gasteiger partial charge is 0.207 e. The monoisotopic (exact) mass is 364 g/mol. The number of hydrogen-bond acceptors (Lipinski definition) is 0. The van der Waals surface area contributed by atoms with Crippen molar-refractivity contribution >= 4 is 0 Å². The second kappa shape index (κ2) is 12.6. The molecule has 0 aliphatic heterocycles. The first-order valence-electron chi connectivity index (χ1n) is 9.52. The van der Waals surface area contributed by atoms with Crippen molar-refractivity contribution in [2.75, 3.05) is 0 Å². The first-order valence-corrected chi connectivity index (χ1v) is 9.52. The van der Waals surface area contributed by atoms with Crippen LogP contribution < -0.4 is 0 Å². The third-order valence-corrected chi connectivity index (χ3v) is 3.38. The maximum absolute atomic E-state index is 12.7. The fraction of sp³-hybridized carbons (Fsp3) is 0.500. The average molecular weight is 365 g/mol. The standard InChI is InChI=1S/2C10H13F.2C2H6/c2*1-10(2,3)8-5-4-6-9(11)7-8;2*1-2/h2*4-7H,1-3H3;2*1-2H3. The van der Waals surface area contributed by atoms with E-state index in [2.05, 4.69) is 41.5 Å². The summed E-state index contributed by atoms with van der Waals surface area (Å²) in [4.78, 5) is 0. The molecule has 0 saturated carbocycles. The summed E-state index contributed by atoms with van der Waals surface area (Å²) >= 11 is 0. The Morgan fingerprint density at radius 1 is 0.538 bits per heavy atom. The van der Waals surface area contributed by atoms with Crippen molar-refractivity contribution in [1.82, 2.24) is 0 Å². The molecule has 0 spiro atoms. The number of halogens is 2. The van der Waals surface area contributed by atoms with Crippen LogP contribution in [0, 0.1) is 11.6 Å². The Labute approximate surface area is 160 Å². The van der Waals surface area contributed by atoms with E-state index in [-0.39, 0.29) is 22.5 Å². The molecule has 0 aromatic heterocycles. The van der Waals surface area contributed by atoms with E-state index in [1.807, 2.05) is 39.8 Å². The highest BCUT2D eigenvalue weighted by atomic mass is 19.1. The minimum atomic E-state index is -0.155. The van der Waals surface area contributed by atoms with Crippen molar-refractivity contribution < 1.29 is 8.78 Å². The van der Waals surface area contributed by atoms with E-state index in [4.69, 9.17) is 0 Å². The molecular formula is C24H38F2. The third-order valence-electron chi connectivity index (χ3n) is 3.38. The summed E-state index contributed by atoms with van der Waals surface area (Å²) < 4.78 is 25.4. The molecule has 0 saturated heterocycles. The van der Waals surface area contributed by atoms with Crippen LogP contribution in [-0.2, 0) is 10.8 Å². The van der Waals surface area contributed by atoms with Crippen LogP contribution in [-0.4, -0.2) is 0 Å². The van der Waals surface area contributed by atoms with E-state index in [0.29, 0.717) is 0 Å². The summed E-state index contributed by atoms with van der Waals surface area (Å²) in [6.07, 6.45) is 0. The molecule has 0 fully saturated rings. The Bertz CT molecular complexity index is 547. The van der Waals surface area contributed by atoms with Gasteiger partial charge in [0.05, 0.1) is 0 Å². The van der Waals surface area contributed by atoms with Crippen molar-refractivity contribution in [3.05, 3.63) is 71.3 Å². The van der Waals surface area contributed by atoms with Crippen molar-refractivity contribution in [3.8, 4) is 0 Å². The van der Waals surface area contributed by atoms with Gasteiger partial charge in [-0.1, -0.05) is 93.5 Å². The Kier molecular flexibility index (Phi) is 12.9. The lowest BCUT2D eigenvalue weighted by Crippen LogP contribution is -2.10. The second-order valence-corrected chi connectivity index (χ2v) is 7.52. The molecule has 148 valence electrons. The summed E-state index contributed by atoms with van der Waals surface area (Å²) in [6.45, 7) is 20.4. The van der Waals surface area contributed by atoms with Gasteiger partial charge in [0.1, 0.15) is 11.6 Å². The van der Waals surface area contributed by atoms with E-state index < -0.39 is 0 Å². The predicted octanol–water partition coefficient (Wildman–Crippen LogP) is 8.30. The maximum atomic E-state index is 12.7. The molecule has 2 aromatic carbocycles. The Morgan fingerprint density at radius 2 is 0.808 bits per heavy atom. The highest BCUT2D eigenvalue weighted by Crippen LogP contribution is 2.22. The van der Waals surface area contributed by atoms with Crippen LogP contribution in [0.3, 0.4) is 0 Å². The fourth-order valence-corrected chi connectivity index (χ4v) is 1.91. The van der Waals surface area contributed by atoms with Gasteiger partial charge >= 0.3 is 0 Å². The smallest absolute Gasteiger partial charge is 0.123 e. The summed E-state index contributed by atoms with van der Waals surface area (Å²) in [6, 6.07) is 13.5. The molecule has 0 aliphatic carbocycles. The van der Waals surface area contributed by atoms with Crippen molar-refractivity contribution in [1.29, 1.82) is 0 Å². The Morgan fingerprint density at radius 3 is 0.962 bits per heavy atom. The first kappa shape index (κ1) is 26.5. The van der Waals surface area contributed by atoms with Crippen LogP contribution in [0.2, 0.25) is 0 Å². The Hall–Kier alpha value is -1.70. The van der Waals surface area contributed by atoms with Gasteiger partial charge in [0.15, 0.2) is 0 Å². The molecule has 0 atom stereocenters. The second-order valence-electron chi connectivity index (χ2n) is 7.52. The highest BCUT2D eigenvalue weighted by Gasteiger charge is 2.13. The zero-order chi connectivity index (χ0) is 21.0. The zero-order valence-electron chi connectivity index (χ0n) is 18.4. The molecule has 0 unspecified atom stereocenters. The number of hydrogen-bond donors (Lipinski definition) is 0. The van der Waals surface area contributed by atoms with Crippen molar-refractivity contribution in [2.45, 2.75) is 80.1 Å². The van der Waals surface area contributed by atoms with Crippen LogP contribution in [0.25, 0.3) is 0 Å². The van der Waals surface area contributed by atoms with E-state index in [9.17, 15) is 8.78 Å². The lowest BCUT2D eigenvalue weighted by molar-refractivity contribution is 0.572. The quantitative estimate of drug-likeness (QED) is 0.441. The van der Waals surface area contributed by atoms with Crippen LogP contribution in [0.4, 0.5) is 8.78 Å². The van der Waals surface area contributed by atoms with Gasteiger partial charge in [-0.05, 0) is 46.2 Å². The van der Waals surface area contributed by atoms with Gasteiger partial charge in [-0.25, -0.2) is 8.78 Å². The van der Waals surface area contributed by atoms with Crippen molar-refractivity contribution in [2.24, 2.45) is 0 Å². The molecule has 0 heterocycles. The first-order chi connectivity index (χ1) is 12.0. The van der Waals surface area contributed by atoms with Crippen LogP contribution >= 0.6 is 0 Å². The lowest BCUT2D eigenvalue weighted by atomic mass is 9.87. The summed E-state index contributed by atoms with van der Waals surface area (Å²) in [5.41, 5.74) is 2.17. The van der Waals surface area contributed by atoms with E-state index >= 15 is 0 Å². The van der Waals surface area contributed by atoms with Gasteiger partial charge in [-0.3, -0.25) is 0 Å². The summed E-state index contributed by atoms with van der Waals surface area (Å²) in [7, 11) is 0. The van der Waals surface area contributed by atoms with Crippen molar-refractivity contribution in [3.63, 3.8) is 0 Å². The predicted molar refractivity (Wildman–Crippen MR) is 113 cm³/mol. The van der Waals surface area contributed by atoms with Gasteiger partial charge in [-0.15, -0.1) is 0 Å². The Balaban J connectivity index is 0. The van der Waals surface area contributed by atoms with Gasteiger partial charge in [0.25, 0.3) is 0 Å². The molecule has 0 N–H and O–H groups in total. The van der Waals surface area contributed by atoms with E-state index in [1.165, 1.54) is 12.1 Å². The van der Waals surface area contributed by atoms with Gasteiger partial charge in [0, 0.05) is 0 Å². The van der Waals surface area contributed by atoms with Gasteiger partial charge in [-0.2, -0.15) is 0 Å². The lowest BCUT2D eigenvalue weighted by Gasteiger charge is -2.18. The number of rotatable bonds is 0. The highest BCUT2D eigenvalue weighted by molar-refractivity contribution is 5.24. The minimum Gasteiger partial charge on any atom is -0.207 e. The third kappa shape index (κ3) is 11.0. The molecule has 2 aromatic rings.